The van der Waals surface area contributed by atoms with Crippen molar-refractivity contribution >= 4 is 82.6 Å². The molecule has 72 heavy (non-hydrogen) atoms. The Morgan fingerprint density at radius 3 is 1.40 bits per heavy atom. The van der Waals surface area contributed by atoms with Crippen molar-refractivity contribution < 1.29 is 175 Å². The van der Waals surface area contributed by atoms with Gasteiger partial charge in [-0.25, -0.2) is 0 Å². The number of carbonyl (C=O) groups excluding carboxylic acids is 3. The van der Waals surface area contributed by atoms with Crippen molar-refractivity contribution in [3.8, 4) is 0 Å². The van der Waals surface area contributed by atoms with Gasteiger partial charge in [-0.15, -0.1) is 0 Å². The van der Waals surface area contributed by atoms with Crippen LogP contribution in [0.25, 0.3) is 21.5 Å². The van der Waals surface area contributed by atoms with Gasteiger partial charge >= 0.3 is 113 Å². The Morgan fingerprint density at radius 1 is 0.542 bits per heavy atom. The van der Waals surface area contributed by atoms with Crippen LogP contribution in [0.4, 0.5) is 0 Å². The summed E-state index contributed by atoms with van der Waals surface area (Å²) in [7, 11) is -13.3. The van der Waals surface area contributed by atoms with Crippen molar-refractivity contribution in [2.45, 2.75) is 100 Å². The zero-order valence-electron chi connectivity index (χ0n) is 44.3. The Labute approximate surface area is 492 Å². The first-order valence-corrected chi connectivity index (χ1v) is 26.0. The molecule has 5 aromatic rings. The predicted molar refractivity (Wildman–Crippen MR) is 262 cm³/mol. The fourth-order valence-electron chi connectivity index (χ4n) is 5.84. The second kappa shape index (κ2) is 40.2. The number of benzene rings is 5. The summed E-state index contributed by atoms with van der Waals surface area (Å²) in [6.45, 7) is 6.36. The summed E-state index contributed by atoms with van der Waals surface area (Å²) in [5.74, 6) is -5.45. The van der Waals surface area contributed by atoms with Crippen LogP contribution in [0.3, 0.4) is 0 Å². The second-order valence-electron chi connectivity index (χ2n) is 14.7. The molecule has 0 bridgehead atoms. The molecule has 0 spiro atoms. The van der Waals surface area contributed by atoms with Crippen molar-refractivity contribution in [1.29, 1.82) is 0 Å². The summed E-state index contributed by atoms with van der Waals surface area (Å²) >= 11 is 0. The van der Waals surface area contributed by atoms with Gasteiger partial charge in [-0.1, -0.05) is 168 Å². The fraction of sp³-hybridized carbons (Fsp3) is 0.354. The molecule has 18 nitrogen and oxygen atoms in total. The molecule has 0 amide bonds. The molecule has 0 aliphatic rings. The Kier molecular flexibility index (Phi) is 40.9. The molecule has 5 rings (SSSR count). The predicted octanol–water partition coefficient (Wildman–Crippen LogP) is -0.568. The molecular weight excluding hydrogens is 1030 g/mol. The number of hydrogen-bond acceptors (Lipinski definition) is 14. The summed E-state index contributed by atoms with van der Waals surface area (Å²) in [5, 5.41) is 16.2. The molecular formula is C48H63Na3O18S3. The van der Waals surface area contributed by atoms with Gasteiger partial charge in [0, 0.05) is 5.39 Å². The summed E-state index contributed by atoms with van der Waals surface area (Å²) in [6, 6.07) is 38.5. The topological polar surface area (TPSA) is 296 Å². The molecule has 5 aromatic carbocycles. The van der Waals surface area contributed by atoms with Crippen LogP contribution >= 0.6 is 0 Å². The van der Waals surface area contributed by atoms with Gasteiger partial charge in [-0.2, -0.15) is 25.3 Å². The minimum atomic E-state index is -4.84. The minimum absolute atomic E-state index is 0. The van der Waals surface area contributed by atoms with E-state index in [1.165, 1.54) is 10.8 Å². The van der Waals surface area contributed by atoms with E-state index >= 15 is 0 Å². The zero-order valence-corrected chi connectivity index (χ0v) is 49.8. The van der Waals surface area contributed by atoms with Crippen molar-refractivity contribution in [2.75, 3.05) is 13.2 Å². The molecule has 2 atom stereocenters. The van der Waals surface area contributed by atoms with Gasteiger partial charge in [0.15, 0.2) is 10.5 Å². The van der Waals surface area contributed by atoms with E-state index in [9.17, 15) is 44.4 Å². The van der Waals surface area contributed by atoms with Gasteiger partial charge in [0.2, 0.25) is 0 Å². The second-order valence-corrected chi connectivity index (χ2v) is 19.5. The third-order valence-corrected chi connectivity index (χ3v) is 12.9. The number of rotatable bonds is 22. The molecule has 24 heteroatoms. The monoisotopic (exact) mass is 1090 g/mol. The van der Waals surface area contributed by atoms with Crippen LogP contribution in [0.5, 0.6) is 0 Å². The third-order valence-electron chi connectivity index (χ3n) is 9.37. The van der Waals surface area contributed by atoms with Crippen LogP contribution < -0.4 is 88.7 Å². The number of hydrogen-bond donors (Lipinski definition) is 4. The van der Waals surface area contributed by atoms with Gasteiger partial charge < -0.3 is 28.8 Å². The molecule has 0 heterocycles. The van der Waals surface area contributed by atoms with Crippen molar-refractivity contribution in [1.82, 2.24) is 0 Å². The van der Waals surface area contributed by atoms with Crippen LogP contribution in [-0.2, 0) is 74.6 Å². The Bertz CT molecular complexity index is 2640. The summed E-state index contributed by atoms with van der Waals surface area (Å²) in [4.78, 5) is 51.7. The SMILES string of the molecule is C=O.CCCCCCOC(=O)CC(C(=O)OCCCCCC)S(=O)(=O)O.O=C(O)CC(C(=O)O)S(=O)(=O)O.O=S(=O)(OCc1ccccc1)c1cccc2ccccc12.[H-].[H-].[H-].[Na+].[Na+].[Na+].c1ccc2ccccc2c1. The minimum Gasteiger partial charge on any atom is -1.00 e. The molecule has 0 radical (unpaired) electrons. The fourth-order valence-corrected chi connectivity index (χ4v) is 8.22. The number of aliphatic carboxylic acids is 2. The maximum Gasteiger partial charge on any atom is 1.00 e. The molecule has 0 aliphatic carbocycles. The van der Waals surface area contributed by atoms with Crippen LogP contribution in [0.1, 0.15) is 87.9 Å². The molecule has 0 saturated carbocycles. The summed E-state index contributed by atoms with van der Waals surface area (Å²) < 4.78 is 100. The number of fused-ring (bicyclic) bond motifs is 2. The quantitative estimate of drug-likeness (QED) is 0.0222. The molecule has 0 saturated heterocycles. The van der Waals surface area contributed by atoms with Crippen LogP contribution in [0, 0.1) is 0 Å². The largest absolute Gasteiger partial charge is 1.00 e. The van der Waals surface area contributed by atoms with E-state index in [1.54, 1.807) is 18.2 Å². The maximum absolute atomic E-state index is 12.4. The van der Waals surface area contributed by atoms with E-state index in [0.717, 1.165) is 49.5 Å². The Balaban J connectivity index is -0.000000213. The van der Waals surface area contributed by atoms with Crippen molar-refractivity contribution in [3.63, 3.8) is 0 Å². The van der Waals surface area contributed by atoms with Crippen LogP contribution in [0.2, 0.25) is 0 Å². The van der Waals surface area contributed by atoms with E-state index in [1.807, 2.05) is 68.3 Å². The third kappa shape index (κ3) is 30.3. The number of carboxylic acid groups (broad SMARTS) is 2. The summed E-state index contributed by atoms with van der Waals surface area (Å²) in [6.07, 6.45) is 5.24. The maximum atomic E-state index is 12.4. The first-order valence-electron chi connectivity index (χ1n) is 21.5. The average molecular weight is 1090 g/mol. The number of carboxylic acids is 2. The smallest absolute Gasteiger partial charge is 1.00 e. The van der Waals surface area contributed by atoms with E-state index < -0.39 is 77.6 Å². The normalized spacial score (nSPS) is 11.3. The Hall–Kier alpha value is -3.10. The van der Waals surface area contributed by atoms with E-state index in [4.69, 9.17) is 37.8 Å². The van der Waals surface area contributed by atoms with Crippen molar-refractivity contribution in [3.05, 3.63) is 127 Å². The molecule has 0 aromatic heterocycles. The average Bonchev–Trinajstić information content (AvgIpc) is 3.32. The molecule has 0 aliphatic heterocycles. The van der Waals surface area contributed by atoms with Crippen molar-refractivity contribution in [2.24, 2.45) is 0 Å². The first-order chi connectivity index (χ1) is 32.7. The first kappa shape index (κ1) is 73.1. The van der Waals surface area contributed by atoms with Gasteiger partial charge in [-0.05, 0) is 40.6 Å². The van der Waals surface area contributed by atoms with Gasteiger partial charge in [-0.3, -0.25) is 32.5 Å². The summed E-state index contributed by atoms with van der Waals surface area (Å²) in [5.41, 5.74) is 0.821. The molecule has 4 N–H and O–H groups in total. The number of carbonyl (C=O) groups is 5. The molecule has 2 unspecified atom stereocenters. The number of ether oxygens (including phenoxy) is 2. The number of unbranched alkanes of at least 4 members (excludes halogenated alkanes) is 6. The van der Waals surface area contributed by atoms with Gasteiger partial charge in [0.1, 0.15) is 11.7 Å². The van der Waals surface area contributed by atoms with Gasteiger partial charge in [0.05, 0.1) is 32.7 Å². The van der Waals surface area contributed by atoms with E-state index in [0.29, 0.717) is 18.2 Å². The standard InChI is InChI=1S/C17H14O3S.C16H30O7S.C10H8.C4H6O7S.CH2O.3Na.3H/c18-21(19,20-13-14-7-2-1-3-8-14)17-12-6-10-15-9-4-5-11-16(15)17;1-3-5-7-9-11-22-15(17)13-14(24(19,20)21)16(18)23-12-10-8-6-4-2;1-2-6-10-8-4-3-7-9(10)5-1;5-3(6)1-2(4(7)8)12(9,10)11;1-2;;;;;;/h1-12H,13H2;14H,3-13H2,1-2H3,(H,19,20,21);1-8H;2H,1H2,(H,5,6)(H,7,8)(H,9,10,11);1H2;;;;;;/q;;;;;3*+1;3*-1. The molecule has 384 valence electrons. The van der Waals surface area contributed by atoms with Gasteiger partial charge in [0.25, 0.3) is 30.4 Å². The van der Waals surface area contributed by atoms with E-state index in [-0.39, 0.29) is 118 Å². The van der Waals surface area contributed by atoms with Crippen LogP contribution in [-0.4, -0.2) is 99.0 Å². The molecule has 0 fully saturated rings. The Morgan fingerprint density at radius 2 is 0.972 bits per heavy atom. The van der Waals surface area contributed by atoms with Crippen LogP contribution in [0.15, 0.2) is 126 Å². The zero-order chi connectivity index (χ0) is 51.9. The van der Waals surface area contributed by atoms with E-state index in [2.05, 4.69) is 55.5 Å². The number of esters is 2.